The van der Waals surface area contributed by atoms with E-state index in [4.69, 9.17) is 14.9 Å². The first-order chi connectivity index (χ1) is 6.50. The van der Waals surface area contributed by atoms with E-state index in [1.807, 2.05) is 6.92 Å². The SMILES string of the molecule is CCC(C)(OC)C(=O)NCC(O)CO. The zero-order chi connectivity index (χ0) is 11.2. The summed E-state index contributed by atoms with van der Waals surface area (Å²) in [6.45, 7) is 3.18. The first kappa shape index (κ1) is 13.4. The molecular formula is C9H19NO4. The number of amides is 1. The van der Waals surface area contributed by atoms with E-state index in [1.54, 1.807) is 6.92 Å². The average molecular weight is 205 g/mol. The van der Waals surface area contributed by atoms with Crippen LogP contribution in [0.3, 0.4) is 0 Å². The van der Waals surface area contributed by atoms with Gasteiger partial charge in [-0.2, -0.15) is 0 Å². The Hall–Kier alpha value is -0.650. The van der Waals surface area contributed by atoms with Crippen LogP contribution in [0, 0.1) is 0 Å². The number of carbonyl (C=O) groups excluding carboxylic acids is 1. The lowest BCUT2D eigenvalue weighted by Crippen LogP contribution is -2.48. The summed E-state index contributed by atoms with van der Waals surface area (Å²) in [5.41, 5.74) is -0.866. The van der Waals surface area contributed by atoms with Gasteiger partial charge in [-0.1, -0.05) is 6.92 Å². The molecule has 0 saturated heterocycles. The number of hydrogen-bond donors (Lipinski definition) is 3. The predicted octanol–water partition coefficient (Wildman–Crippen LogP) is -0.729. The van der Waals surface area contributed by atoms with Crippen LogP contribution in [0.5, 0.6) is 0 Å². The van der Waals surface area contributed by atoms with Crippen LogP contribution >= 0.6 is 0 Å². The van der Waals surface area contributed by atoms with Gasteiger partial charge in [-0.3, -0.25) is 4.79 Å². The standard InChI is InChI=1S/C9H19NO4/c1-4-9(2,14-3)8(13)10-5-7(12)6-11/h7,11-12H,4-6H2,1-3H3,(H,10,13). The van der Waals surface area contributed by atoms with Gasteiger partial charge in [-0.15, -0.1) is 0 Å². The van der Waals surface area contributed by atoms with Gasteiger partial charge in [0.15, 0.2) is 0 Å². The van der Waals surface area contributed by atoms with Gasteiger partial charge in [-0.25, -0.2) is 0 Å². The van der Waals surface area contributed by atoms with Crippen molar-refractivity contribution >= 4 is 5.91 Å². The van der Waals surface area contributed by atoms with Crippen LogP contribution in [0.4, 0.5) is 0 Å². The number of carbonyl (C=O) groups is 1. The molecule has 5 heteroatoms. The molecule has 0 heterocycles. The van der Waals surface area contributed by atoms with Gasteiger partial charge >= 0.3 is 0 Å². The van der Waals surface area contributed by atoms with E-state index in [0.29, 0.717) is 6.42 Å². The number of ether oxygens (including phenoxy) is 1. The van der Waals surface area contributed by atoms with Gasteiger partial charge < -0.3 is 20.3 Å². The highest BCUT2D eigenvalue weighted by Crippen LogP contribution is 2.13. The van der Waals surface area contributed by atoms with Gasteiger partial charge in [-0.05, 0) is 13.3 Å². The summed E-state index contributed by atoms with van der Waals surface area (Å²) in [4.78, 5) is 11.5. The fraction of sp³-hybridized carbons (Fsp3) is 0.889. The van der Waals surface area contributed by atoms with E-state index in [9.17, 15) is 4.79 Å². The van der Waals surface area contributed by atoms with Gasteiger partial charge in [0, 0.05) is 13.7 Å². The maximum atomic E-state index is 11.5. The fourth-order valence-corrected chi connectivity index (χ4v) is 0.860. The van der Waals surface area contributed by atoms with Crippen LogP contribution in [-0.4, -0.2) is 48.1 Å². The summed E-state index contributed by atoms with van der Waals surface area (Å²) in [5, 5.41) is 20.0. The summed E-state index contributed by atoms with van der Waals surface area (Å²) in [5.74, 6) is -0.282. The molecule has 0 aromatic carbocycles. The van der Waals surface area contributed by atoms with Crippen molar-refractivity contribution < 1.29 is 19.7 Å². The molecule has 3 N–H and O–H groups in total. The maximum absolute atomic E-state index is 11.5. The van der Waals surface area contributed by atoms with E-state index >= 15 is 0 Å². The van der Waals surface area contributed by atoms with Crippen LogP contribution in [0.2, 0.25) is 0 Å². The van der Waals surface area contributed by atoms with Gasteiger partial charge in [0.2, 0.25) is 0 Å². The first-order valence-electron chi connectivity index (χ1n) is 4.62. The Labute approximate surface area is 84.1 Å². The third kappa shape index (κ3) is 3.61. The quantitative estimate of drug-likeness (QED) is 0.534. The molecule has 0 aromatic heterocycles. The zero-order valence-corrected chi connectivity index (χ0v) is 8.91. The number of methoxy groups -OCH3 is 1. The van der Waals surface area contributed by atoms with E-state index in [1.165, 1.54) is 7.11 Å². The molecule has 0 bridgehead atoms. The largest absolute Gasteiger partial charge is 0.394 e. The Morgan fingerprint density at radius 3 is 2.57 bits per heavy atom. The van der Waals surface area contributed by atoms with E-state index in [-0.39, 0.29) is 19.1 Å². The van der Waals surface area contributed by atoms with Crippen molar-refractivity contribution in [3.05, 3.63) is 0 Å². The molecular weight excluding hydrogens is 186 g/mol. The normalized spacial score (nSPS) is 17.2. The van der Waals surface area contributed by atoms with Gasteiger partial charge in [0.1, 0.15) is 5.60 Å². The summed E-state index contributed by atoms with van der Waals surface area (Å²) < 4.78 is 5.06. The lowest BCUT2D eigenvalue weighted by molar-refractivity contribution is -0.142. The molecule has 0 aliphatic carbocycles. The van der Waals surface area contributed by atoms with Gasteiger partial charge in [0.25, 0.3) is 5.91 Å². The molecule has 0 saturated carbocycles. The lowest BCUT2D eigenvalue weighted by Gasteiger charge is -2.25. The minimum absolute atomic E-state index is 0.0360. The minimum Gasteiger partial charge on any atom is -0.394 e. The molecule has 0 rings (SSSR count). The van der Waals surface area contributed by atoms with Crippen molar-refractivity contribution in [1.29, 1.82) is 0 Å². The van der Waals surface area contributed by atoms with Crippen molar-refractivity contribution in [3.63, 3.8) is 0 Å². The molecule has 14 heavy (non-hydrogen) atoms. The molecule has 0 aromatic rings. The Kier molecular flexibility index (Phi) is 5.68. The number of aliphatic hydroxyl groups is 2. The molecule has 0 aliphatic rings. The summed E-state index contributed by atoms with van der Waals surface area (Å²) in [6.07, 6.45) is -0.373. The van der Waals surface area contributed by atoms with Crippen LogP contribution < -0.4 is 5.32 Å². The first-order valence-corrected chi connectivity index (χ1v) is 4.62. The second-order valence-electron chi connectivity index (χ2n) is 3.33. The molecule has 0 radical (unpaired) electrons. The van der Waals surface area contributed by atoms with Crippen molar-refractivity contribution in [2.75, 3.05) is 20.3 Å². The van der Waals surface area contributed by atoms with Crippen LogP contribution in [0.15, 0.2) is 0 Å². The Balaban J connectivity index is 4.06. The number of rotatable bonds is 6. The third-order valence-electron chi connectivity index (χ3n) is 2.31. The minimum atomic E-state index is -0.920. The molecule has 0 aliphatic heterocycles. The third-order valence-corrected chi connectivity index (χ3v) is 2.31. The second kappa shape index (κ2) is 5.95. The monoisotopic (exact) mass is 205 g/mol. The smallest absolute Gasteiger partial charge is 0.252 e. The molecule has 1 amide bonds. The Morgan fingerprint density at radius 2 is 2.21 bits per heavy atom. The predicted molar refractivity (Wildman–Crippen MR) is 51.8 cm³/mol. The molecule has 2 atom stereocenters. The molecule has 5 nitrogen and oxygen atoms in total. The topological polar surface area (TPSA) is 78.8 Å². The zero-order valence-electron chi connectivity index (χ0n) is 8.91. The number of nitrogens with one attached hydrogen (secondary N) is 1. The summed E-state index contributed by atoms with van der Waals surface area (Å²) >= 11 is 0. The molecule has 0 spiro atoms. The van der Waals surface area contributed by atoms with Crippen LogP contribution in [-0.2, 0) is 9.53 Å². The highest BCUT2D eigenvalue weighted by molar-refractivity contribution is 5.84. The number of aliphatic hydroxyl groups excluding tert-OH is 2. The second-order valence-corrected chi connectivity index (χ2v) is 3.33. The average Bonchev–Trinajstić information content (AvgIpc) is 2.23. The van der Waals surface area contributed by atoms with Crippen molar-refractivity contribution in [2.45, 2.75) is 32.0 Å². The van der Waals surface area contributed by atoms with E-state index < -0.39 is 11.7 Å². The Bertz CT molecular complexity index is 180. The maximum Gasteiger partial charge on any atom is 0.252 e. The molecule has 0 fully saturated rings. The summed E-state index contributed by atoms with van der Waals surface area (Å²) in [7, 11) is 1.46. The summed E-state index contributed by atoms with van der Waals surface area (Å²) in [6, 6.07) is 0. The Morgan fingerprint density at radius 1 is 1.64 bits per heavy atom. The van der Waals surface area contributed by atoms with E-state index in [2.05, 4.69) is 5.32 Å². The highest BCUT2D eigenvalue weighted by atomic mass is 16.5. The van der Waals surface area contributed by atoms with Crippen LogP contribution in [0.25, 0.3) is 0 Å². The lowest BCUT2D eigenvalue weighted by atomic mass is 10.0. The van der Waals surface area contributed by atoms with Crippen molar-refractivity contribution in [2.24, 2.45) is 0 Å². The fourth-order valence-electron chi connectivity index (χ4n) is 0.860. The van der Waals surface area contributed by atoms with Crippen molar-refractivity contribution in [3.8, 4) is 0 Å². The molecule has 2 unspecified atom stereocenters. The van der Waals surface area contributed by atoms with E-state index in [0.717, 1.165) is 0 Å². The number of hydrogen-bond acceptors (Lipinski definition) is 4. The van der Waals surface area contributed by atoms with Gasteiger partial charge in [0.05, 0.1) is 12.7 Å². The molecule has 84 valence electrons. The van der Waals surface area contributed by atoms with Crippen LogP contribution in [0.1, 0.15) is 20.3 Å². The highest BCUT2D eigenvalue weighted by Gasteiger charge is 2.30. The van der Waals surface area contributed by atoms with Crippen molar-refractivity contribution in [1.82, 2.24) is 5.32 Å².